The van der Waals surface area contributed by atoms with Crippen molar-refractivity contribution in [1.29, 1.82) is 0 Å². The van der Waals surface area contributed by atoms with Crippen LogP contribution < -0.4 is 0 Å². The summed E-state index contributed by atoms with van der Waals surface area (Å²) in [6.07, 6.45) is 76.5. The van der Waals surface area contributed by atoms with Gasteiger partial charge in [0.25, 0.3) is 0 Å². The van der Waals surface area contributed by atoms with Gasteiger partial charge in [-0.15, -0.1) is 0 Å². The summed E-state index contributed by atoms with van der Waals surface area (Å²) in [4.78, 5) is 10.9. The van der Waals surface area contributed by atoms with Crippen LogP contribution in [0.2, 0.25) is 0 Å². The molecule has 4 heteroatoms. The van der Waals surface area contributed by atoms with Gasteiger partial charge in [-0.25, -0.2) is 0 Å². The molecule has 1 rings (SSSR count). The normalized spacial score (nSPS) is 14.6. The first kappa shape index (κ1) is 63.3. The second-order valence-corrected chi connectivity index (χ2v) is 20.6. The molecule has 0 spiro atoms. The van der Waals surface area contributed by atoms with Gasteiger partial charge in [-0.1, -0.05) is 209 Å². The molecule has 0 unspecified atom stereocenters. The Morgan fingerprint density at radius 3 is 0.881 bits per heavy atom. The molecule has 0 aliphatic carbocycles. The Morgan fingerprint density at radius 2 is 0.552 bits per heavy atom. The first-order valence-electron chi connectivity index (χ1n) is 29.9. The van der Waals surface area contributed by atoms with E-state index in [1.165, 1.54) is 284 Å². The van der Waals surface area contributed by atoms with E-state index in [0.717, 1.165) is 19.3 Å². The van der Waals surface area contributed by atoms with Crippen LogP contribution in [0, 0.1) is 0 Å². The Labute approximate surface area is 421 Å². The molecule has 1 heterocycles. The Balaban J connectivity index is 2.24. The van der Waals surface area contributed by atoms with Crippen molar-refractivity contribution in [3.63, 3.8) is 0 Å². The van der Waals surface area contributed by atoms with E-state index >= 15 is 0 Å². The summed E-state index contributed by atoms with van der Waals surface area (Å²) in [5.41, 5.74) is 0. The van der Waals surface area contributed by atoms with Crippen molar-refractivity contribution in [2.75, 3.05) is 79.0 Å². The number of hydrogen-bond donors (Lipinski definition) is 0. The van der Waals surface area contributed by atoms with Gasteiger partial charge in [-0.3, -0.25) is 9.80 Å². The lowest BCUT2D eigenvalue weighted by molar-refractivity contribution is 0.110. The van der Waals surface area contributed by atoms with Crippen LogP contribution in [0.15, 0.2) is 72.9 Å². The zero-order chi connectivity index (χ0) is 48.0. The number of allylic oxidation sites excluding steroid dienone is 12. The molecule has 0 bridgehead atoms. The smallest absolute Gasteiger partial charge is 0.0110 e. The number of nitrogens with zero attached hydrogens (tertiary/aromatic N) is 4. The number of hydrogen-bond acceptors (Lipinski definition) is 4. The summed E-state index contributed by atoms with van der Waals surface area (Å²) in [5.74, 6) is 0. The highest BCUT2D eigenvalue weighted by Gasteiger charge is 2.18. The Kier molecular flexibility index (Phi) is 50.7. The molecule has 67 heavy (non-hydrogen) atoms. The summed E-state index contributed by atoms with van der Waals surface area (Å²) in [5, 5.41) is 0. The predicted molar refractivity (Wildman–Crippen MR) is 305 cm³/mol. The Bertz CT molecular complexity index is 1090. The molecular formula is C63H118N4. The molecule has 0 atom stereocenters. The van der Waals surface area contributed by atoms with Crippen LogP contribution in [-0.4, -0.2) is 98.6 Å². The molecule has 0 aromatic heterocycles. The molecule has 0 aromatic carbocycles. The van der Waals surface area contributed by atoms with Gasteiger partial charge in [0.15, 0.2) is 0 Å². The second-order valence-electron chi connectivity index (χ2n) is 20.6. The fraction of sp³-hybridized carbons (Fsp3) is 0.810. The maximum atomic E-state index is 2.85. The van der Waals surface area contributed by atoms with Gasteiger partial charge in [0.2, 0.25) is 0 Å². The molecule has 1 aliphatic rings. The van der Waals surface area contributed by atoms with E-state index in [1.54, 1.807) is 0 Å². The van der Waals surface area contributed by atoms with Gasteiger partial charge in [-0.2, -0.15) is 0 Å². The monoisotopic (exact) mass is 931 g/mol. The minimum atomic E-state index is 1.11. The van der Waals surface area contributed by atoms with Gasteiger partial charge >= 0.3 is 0 Å². The number of piperazine rings is 1. The van der Waals surface area contributed by atoms with Crippen LogP contribution in [0.3, 0.4) is 0 Å². The maximum absolute atomic E-state index is 2.85. The minimum absolute atomic E-state index is 1.11. The summed E-state index contributed by atoms with van der Waals surface area (Å²) in [6, 6.07) is 0. The average Bonchev–Trinajstić information content (AvgIpc) is 3.34. The lowest BCUT2D eigenvalue weighted by Crippen LogP contribution is -2.50. The molecule has 0 saturated carbocycles. The standard InChI is InChI=1S/C63H118N4/c1-5-8-11-14-17-20-23-26-29-32-35-38-41-44-47-50-53-64(4)56-57-66-60-62-67(63-61-66)59-58-65(54-51-48-45-42-39-36-33-30-27-24-21-18-15-12-9-6-2)55-52-49-46-43-40-37-34-31-28-25-22-19-16-13-10-7-3/h17-22,26-31H,5-16,23-25,32-63H2,1-4H3. The van der Waals surface area contributed by atoms with Gasteiger partial charge < -0.3 is 9.80 Å². The molecule has 1 fully saturated rings. The fourth-order valence-corrected chi connectivity index (χ4v) is 9.30. The zero-order valence-corrected chi connectivity index (χ0v) is 46.0. The third kappa shape index (κ3) is 47.7. The highest BCUT2D eigenvalue weighted by Crippen LogP contribution is 2.13. The number of likely N-dealkylation sites (N-methyl/N-ethyl adjacent to an activating group) is 1. The van der Waals surface area contributed by atoms with E-state index in [-0.39, 0.29) is 0 Å². The highest BCUT2D eigenvalue weighted by atomic mass is 15.3. The molecule has 390 valence electrons. The van der Waals surface area contributed by atoms with Gasteiger partial charge in [0.1, 0.15) is 0 Å². The first-order chi connectivity index (χ1) is 33.2. The largest absolute Gasteiger partial charge is 0.305 e. The van der Waals surface area contributed by atoms with E-state index < -0.39 is 0 Å². The average molecular weight is 932 g/mol. The highest BCUT2D eigenvalue weighted by molar-refractivity contribution is 4.94. The fourth-order valence-electron chi connectivity index (χ4n) is 9.30. The van der Waals surface area contributed by atoms with Crippen LogP contribution in [0.25, 0.3) is 0 Å². The second kappa shape index (κ2) is 53.6. The van der Waals surface area contributed by atoms with Crippen LogP contribution in [0.4, 0.5) is 0 Å². The molecule has 0 aromatic rings. The van der Waals surface area contributed by atoms with E-state index in [4.69, 9.17) is 0 Å². The quantitative estimate of drug-likeness (QED) is 0.0445. The molecule has 0 N–H and O–H groups in total. The molecule has 1 saturated heterocycles. The summed E-state index contributed by atoms with van der Waals surface area (Å²) < 4.78 is 0. The van der Waals surface area contributed by atoms with Crippen molar-refractivity contribution in [2.45, 2.75) is 252 Å². The lowest BCUT2D eigenvalue weighted by Gasteiger charge is -2.36. The van der Waals surface area contributed by atoms with E-state index in [2.05, 4.69) is 120 Å². The van der Waals surface area contributed by atoms with Crippen LogP contribution in [0.1, 0.15) is 252 Å². The summed E-state index contributed by atoms with van der Waals surface area (Å²) in [6.45, 7) is 20.7. The molecule has 1 aliphatic heterocycles. The first-order valence-corrected chi connectivity index (χ1v) is 29.9. The topological polar surface area (TPSA) is 13.0 Å². The number of rotatable bonds is 51. The third-order valence-electron chi connectivity index (χ3n) is 14.1. The molecule has 0 amide bonds. The third-order valence-corrected chi connectivity index (χ3v) is 14.1. The summed E-state index contributed by atoms with van der Waals surface area (Å²) in [7, 11) is 2.35. The molecule has 0 radical (unpaired) electrons. The van der Waals surface area contributed by atoms with Crippen molar-refractivity contribution < 1.29 is 0 Å². The maximum Gasteiger partial charge on any atom is 0.0110 e. The number of unbranched alkanes of at least 4 members (excludes halogenated alkanes) is 27. The van der Waals surface area contributed by atoms with Crippen molar-refractivity contribution in [3.8, 4) is 0 Å². The van der Waals surface area contributed by atoms with Crippen molar-refractivity contribution >= 4 is 0 Å². The van der Waals surface area contributed by atoms with Crippen molar-refractivity contribution in [2.24, 2.45) is 0 Å². The van der Waals surface area contributed by atoms with Crippen LogP contribution in [0.5, 0.6) is 0 Å². The SMILES string of the molecule is CCCCCC=CCC=CCCCCCCCCN(C)CCN1CCN(CCN(CCCCCCCCC=CCC=CCCCCC)CCCCCCCCC=CCC=CCCCCC)CC1. The Hall–Kier alpha value is -1.72. The van der Waals surface area contributed by atoms with E-state index in [0.29, 0.717) is 0 Å². The minimum Gasteiger partial charge on any atom is -0.305 e. The lowest BCUT2D eigenvalue weighted by atomic mass is 10.1. The van der Waals surface area contributed by atoms with Gasteiger partial charge in [-0.05, 0) is 142 Å². The van der Waals surface area contributed by atoms with E-state index in [9.17, 15) is 0 Å². The summed E-state index contributed by atoms with van der Waals surface area (Å²) >= 11 is 0. The van der Waals surface area contributed by atoms with Gasteiger partial charge in [0.05, 0.1) is 0 Å². The molecular weight excluding hydrogens is 813 g/mol. The van der Waals surface area contributed by atoms with Crippen LogP contribution in [-0.2, 0) is 0 Å². The van der Waals surface area contributed by atoms with Crippen molar-refractivity contribution in [1.82, 2.24) is 19.6 Å². The van der Waals surface area contributed by atoms with E-state index in [1.807, 2.05) is 0 Å². The predicted octanol–water partition coefficient (Wildman–Crippen LogP) is 18.3. The Morgan fingerprint density at radius 1 is 0.284 bits per heavy atom. The van der Waals surface area contributed by atoms with Crippen LogP contribution >= 0.6 is 0 Å². The van der Waals surface area contributed by atoms with Crippen molar-refractivity contribution in [3.05, 3.63) is 72.9 Å². The molecule has 4 nitrogen and oxygen atoms in total. The van der Waals surface area contributed by atoms with Gasteiger partial charge in [0, 0.05) is 52.4 Å². The zero-order valence-electron chi connectivity index (χ0n) is 46.0.